The summed E-state index contributed by atoms with van der Waals surface area (Å²) >= 11 is 1.63. The Morgan fingerprint density at radius 3 is 3.15 bits per heavy atom. The lowest BCUT2D eigenvalue weighted by atomic mass is 10.0. The number of thiazole rings is 1. The molecule has 7 heteroatoms. The fraction of sp³-hybridized carbons (Fsp3) is 0.692. The summed E-state index contributed by atoms with van der Waals surface area (Å²) in [5.74, 6) is -0.0811. The van der Waals surface area contributed by atoms with Gasteiger partial charge in [0.05, 0.1) is 12.6 Å². The first-order valence-corrected chi connectivity index (χ1v) is 7.67. The number of piperazine rings is 1. The van der Waals surface area contributed by atoms with Gasteiger partial charge in [0.15, 0.2) is 0 Å². The Labute approximate surface area is 122 Å². The van der Waals surface area contributed by atoms with Crippen molar-refractivity contribution >= 4 is 17.2 Å². The Hall–Kier alpha value is -1.34. The Kier molecular flexibility index (Phi) is 5.19. The number of carbonyl (C=O) groups excluding carboxylic acids is 1. The lowest BCUT2D eigenvalue weighted by molar-refractivity contribution is -0.138. The van der Waals surface area contributed by atoms with Crippen LogP contribution >= 0.6 is 11.3 Å². The van der Waals surface area contributed by atoms with Crippen LogP contribution in [0.3, 0.4) is 0 Å². The smallest absolute Gasteiger partial charge is 0.226 e. The second-order valence-corrected chi connectivity index (χ2v) is 6.37. The molecule has 2 rings (SSSR count). The van der Waals surface area contributed by atoms with Gasteiger partial charge in [0.25, 0.3) is 0 Å². The van der Waals surface area contributed by atoms with E-state index >= 15 is 0 Å². The van der Waals surface area contributed by atoms with Gasteiger partial charge in [-0.25, -0.2) is 4.98 Å². The molecular weight excluding hydrogens is 276 g/mol. The van der Waals surface area contributed by atoms with Crippen LogP contribution in [0.1, 0.15) is 29.3 Å². The largest absolute Gasteiger partial charge is 0.330 e. The maximum Gasteiger partial charge on any atom is 0.226 e. The van der Waals surface area contributed by atoms with Crippen LogP contribution < -0.4 is 5.32 Å². The van der Waals surface area contributed by atoms with Gasteiger partial charge in [0, 0.05) is 36.6 Å². The minimum Gasteiger partial charge on any atom is -0.330 e. The molecule has 1 saturated heterocycles. The Balaban J connectivity index is 2.10. The highest BCUT2D eigenvalue weighted by atomic mass is 32.1. The summed E-state index contributed by atoms with van der Waals surface area (Å²) in [4.78, 5) is 30.2. The number of aryl methyl sites for hydroxylation is 1. The van der Waals surface area contributed by atoms with Gasteiger partial charge in [-0.1, -0.05) is 12.1 Å². The van der Waals surface area contributed by atoms with Crippen molar-refractivity contribution in [3.63, 3.8) is 0 Å². The van der Waals surface area contributed by atoms with Gasteiger partial charge in [-0.2, -0.15) is 4.91 Å². The molecule has 110 valence electrons. The number of amides is 1. The summed E-state index contributed by atoms with van der Waals surface area (Å²) in [5, 5.41) is 7.13. The van der Waals surface area contributed by atoms with E-state index in [0.717, 1.165) is 23.0 Å². The van der Waals surface area contributed by atoms with Gasteiger partial charge < -0.3 is 10.2 Å². The molecule has 1 amide bonds. The zero-order chi connectivity index (χ0) is 14.5. The molecule has 0 aromatic carbocycles. The van der Waals surface area contributed by atoms with Crippen LogP contribution in [0.5, 0.6) is 0 Å². The van der Waals surface area contributed by atoms with Gasteiger partial charge in [-0.3, -0.25) is 4.79 Å². The van der Waals surface area contributed by atoms with Gasteiger partial charge in [-0.15, -0.1) is 11.3 Å². The molecule has 2 atom stereocenters. The minimum absolute atomic E-state index is 0.00147. The highest BCUT2D eigenvalue weighted by molar-refractivity contribution is 7.11. The summed E-state index contributed by atoms with van der Waals surface area (Å²) in [7, 11) is 0. The van der Waals surface area contributed by atoms with Crippen molar-refractivity contribution in [3.05, 3.63) is 21.0 Å². The van der Waals surface area contributed by atoms with Gasteiger partial charge in [0.2, 0.25) is 5.91 Å². The molecule has 0 aliphatic carbocycles. The molecule has 6 nitrogen and oxygen atoms in total. The molecule has 0 saturated carbocycles. The quantitative estimate of drug-likeness (QED) is 0.840. The number of hydrogen-bond donors (Lipinski definition) is 1. The Bertz CT molecular complexity index is 477. The van der Waals surface area contributed by atoms with Crippen LogP contribution in [0.2, 0.25) is 0 Å². The molecule has 1 aliphatic rings. The average Bonchev–Trinajstić information content (AvgIpc) is 2.90. The lowest BCUT2D eigenvalue weighted by Gasteiger charge is -2.36. The van der Waals surface area contributed by atoms with Crippen LogP contribution in [0.4, 0.5) is 0 Å². The maximum absolute atomic E-state index is 12.5. The fourth-order valence-corrected chi connectivity index (χ4v) is 3.26. The normalized spacial score (nSPS) is 20.7. The molecule has 2 heterocycles. The van der Waals surface area contributed by atoms with Crippen molar-refractivity contribution in [1.29, 1.82) is 0 Å². The first kappa shape index (κ1) is 15.1. The zero-order valence-electron chi connectivity index (χ0n) is 11.8. The topological polar surface area (TPSA) is 74.7 Å². The van der Waals surface area contributed by atoms with Crippen molar-refractivity contribution in [1.82, 2.24) is 15.2 Å². The van der Waals surface area contributed by atoms with E-state index in [1.54, 1.807) is 11.3 Å². The molecule has 1 fully saturated rings. The van der Waals surface area contributed by atoms with E-state index in [9.17, 15) is 9.70 Å². The van der Waals surface area contributed by atoms with Crippen LogP contribution in [-0.2, 0) is 4.79 Å². The third kappa shape index (κ3) is 3.40. The van der Waals surface area contributed by atoms with Crippen molar-refractivity contribution in [2.24, 2.45) is 11.1 Å². The van der Waals surface area contributed by atoms with Crippen LogP contribution in [0, 0.1) is 17.7 Å². The van der Waals surface area contributed by atoms with Crippen LogP contribution in [0.15, 0.2) is 11.4 Å². The van der Waals surface area contributed by atoms with E-state index in [0.29, 0.717) is 13.0 Å². The van der Waals surface area contributed by atoms with E-state index in [2.05, 4.69) is 15.5 Å². The lowest BCUT2D eigenvalue weighted by Crippen LogP contribution is -2.50. The highest BCUT2D eigenvalue weighted by Gasteiger charge is 2.32. The number of nitrogens with one attached hydrogen (secondary N) is 1. The highest BCUT2D eigenvalue weighted by Crippen LogP contribution is 2.27. The predicted molar refractivity (Wildman–Crippen MR) is 78.6 cm³/mol. The van der Waals surface area contributed by atoms with E-state index < -0.39 is 0 Å². The van der Waals surface area contributed by atoms with Crippen molar-refractivity contribution in [2.75, 3.05) is 26.2 Å². The van der Waals surface area contributed by atoms with E-state index in [-0.39, 0.29) is 24.4 Å². The van der Waals surface area contributed by atoms with Gasteiger partial charge >= 0.3 is 0 Å². The fourth-order valence-electron chi connectivity index (χ4n) is 2.37. The first-order chi connectivity index (χ1) is 9.63. The number of rotatable bonds is 5. The molecule has 1 aliphatic heterocycles. The SMILES string of the molecule is Cc1cnc(C2CNCCN2C(=O)C(C)CCN=O)s1. The second kappa shape index (κ2) is 6.90. The molecular formula is C13H20N4O2S. The van der Waals surface area contributed by atoms with Crippen LogP contribution in [0.25, 0.3) is 0 Å². The van der Waals surface area contributed by atoms with Gasteiger partial charge in [0.1, 0.15) is 5.01 Å². The van der Waals surface area contributed by atoms with E-state index in [1.165, 1.54) is 0 Å². The molecule has 0 bridgehead atoms. The minimum atomic E-state index is -0.172. The van der Waals surface area contributed by atoms with Crippen molar-refractivity contribution in [2.45, 2.75) is 26.3 Å². The van der Waals surface area contributed by atoms with E-state index in [4.69, 9.17) is 0 Å². The third-order valence-electron chi connectivity index (χ3n) is 3.53. The van der Waals surface area contributed by atoms with Crippen LogP contribution in [-0.4, -0.2) is 42.0 Å². The summed E-state index contributed by atoms with van der Waals surface area (Å²) in [6.07, 6.45) is 2.35. The molecule has 2 unspecified atom stereocenters. The summed E-state index contributed by atoms with van der Waals surface area (Å²) in [5.41, 5.74) is 0. The van der Waals surface area contributed by atoms with E-state index in [1.807, 2.05) is 24.9 Å². The number of carbonyl (C=O) groups is 1. The number of hydrogen-bond acceptors (Lipinski definition) is 6. The number of aromatic nitrogens is 1. The molecule has 20 heavy (non-hydrogen) atoms. The standard InChI is InChI=1S/C13H20N4O2S/c1-9(3-4-16-19)13(18)17-6-5-14-8-11(17)12-15-7-10(2)20-12/h7,9,11,14H,3-6,8H2,1-2H3. The molecule has 1 aromatic rings. The van der Waals surface area contributed by atoms with Gasteiger partial charge in [-0.05, 0) is 13.3 Å². The predicted octanol–water partition coefficient (Wildman–Crippen LogP) is 1.72. The molecule has 0 radical (unpaired) electrons. The summed E-state index contributed by atoms with van der Waals surface area (Å²) in [6, 6.07) is 0.00147. The number of nitroso groups, excluding NO2 is 1. The number of nitrogens with zero attached hydrogens (tertiary/aromatic N) is 3. The molecule has 1 aromatic heterocycles. The zero-order valence-corrected chi connectivity index (χ0v) is 12.7. The maximum atomic E-state index is 12.5. The average molecular weight is 296 g/mol. The van der Waals surface area contributed by atoms with Crippen molar-refractivity contribution in [3.8, 4) is 0 Å². The molecule has 1 N–H and O–H groups in total. The third-order valence-corrected chi connectivity index (χ3v) is 4.54. The van der Waals surface area contributed by atoms with Crippen molar-refractivity contribution < 1.29 is 4.79 Å². The monoisotopic (exact) mass is 296 g/mol. The summed E-state index contributed by atoms with van der Waals surface area (Å²) < 4.78 is 0. The molecule has 0 spiro atoms. The second-order valence-electron chi connectivity index (χ2n) is 5.10. The Morgan fingerprint density at radius 1 is 1.70 bits per heavy atom. The Morgan fingerprint density at radius 2 is 2.50 bits per heavy atom. The first-order valence-electron chi connectivity index (χ1n) is 6.86. The summed E-state index contributed by atoms with van der Waals surface area (Å²) in [6.45, 7) is 6.28.